The van der Waals surface area contributed by atoms with Gasteiger partial charge in [-0.3, -0.25) is 19.7 Å². The van der Waals surface area contributed by atoms with Gasteiger partial charge in [-0.15, -0.1) is 11.8 Å². The van der Waals surface area contributed by atoms with Crippen LogP contribution in [-0.4, -0.2) is 32.9 Å². The monoisotopic (exact) mass is 298 g/mol. The molecule has 0 aliphatic heterocycles. The Kier molecular flexibility index (Phi) is 5.98. The molecule has 8 heteroatoms. The summed E-state index contributed by atoms with van der Waals surface area (Å²) in [4.78, 5) is 32.7. The summed E-state index contributed by atoms with van der Waals surface area (Å²) in [5, 5.41) is 21.4. The van der Waals surface area contributed by atoms with Crippen LogP contribution in [0.25, 0.3) is 0 Å². The number of carboxylic acids is 1. The number of amides is 1. The third-order valence-corrected chi connectivity index (χ3v) is 3.80. The lowest BCUT2D eigenvalue weighted by Gasteiger charge is -2.09. The molecule has 0 saturated heterocycles. The number of hydrogen-bond donors (Lipinski definition) is 2. The highest BCUT2D eigenvalue weighted by molar-refractivity contribution is 8.01. The maximum atomic E-state index is 11.7. The molecule has 1 aromatic rings. The van der Waals surface area contributed by atoms with Crippen LogP contribution in [0.1, 0.15) is 13.3 Å². The molecule has 0 spiro atoms. The highest BCUT2D eigenvalue weighted by Gasteiger charge is 2.19. The molecule has 0 aliphatic carbocycles. The Balaban J connectivity index is 2.63. The second-order valence-corrected chi connectivity index (χ2v) is 5.06. The molecule has 0 bridgehead atoms. The zero-order chi connectivity index (χ0) is 15.1. The van der Waals surface area contributed by atoms with E-state index < -0.39 is 22.0 Å². The first kappa shape index (κ1) is 16.0. The maximum Gasteiger partial charge on any atom is 0.316 e. The van der Waals surface area contributed by atoms with Crippen LogP contribution < -0.4 is 5.32 Å². The van der Waals surface area contributed by atoms with Gasteiger partial charge in [-0.2, -0.15) is 0 Å². The molecule has 1 rings (SSSR count). The minimum atomic E-state index is -0.976. The van der Waals surface area contributed by atoms with Crippen molar-refractivity contribution in [2.75, 3.05) is 11.1 Å². The van der Waals surface area contributed by atoms with E-state index in [1.54, 1.807) is 13.0 Å². The van der Waals surface area contributed by atoms with E-state index in [0.717, 1.165) is 11.8 Å². The number of nitrogens with one attached hydrogen (secondary N) is 1. The summed E-state index contributed by atoms with van der Waals surface area (Å²) in [6, 6.07) is 5.78. The third-order valence-electron chi connectivity index (χ3n) is 2.44. The number of carboxylic acid groups (broad SMARTS) is 1. The van der Waals surface area contributed by atoms with E-state index in [1.165, 1.54) is 18.2 Å². The SMILES string of the molecule is CCC(SCC(=O)Nc1ccccc1[N+](=O)[O-])C(=O)O. The van der Waals surface area contributed by atoms with E-state index in [2.05, 4.69) is 5.32 Å². The lowest BCUT2D eigenvalue weighted by atomic mass is 10.2. The zero-order valence-corrected chi connectivity index (χ0v) is 11.6. The van der Waals surface area contributed by atoms with Crippen molar-refractivity contribution in [3.8, 4) is 0 Å². The molecule has 0 heterocycles. The Bertz CT molecular complexity index is 520. The molecule has 108 valence electrons. The van der Waals surface area contributed by atoms with Crippen molar-refractivity contribution in [3.05, 3.63) is 34.4 Å². The number of thioether (sulfide) groups is 1. The molecule has 0 radical (unpaired) electrons. The van der Waals surface area contributed by atoms with Gasteiger partial charge in [0.2, 0.25) is 5.91 Å². The number of nitro benzene ring substituents is 1. The highest BCUT2D eigenvalue weighted by atomic mass is 32.2. The Morgan fingerprint density at radius 2 is 2.10 bits per heavy atom. The number of anilines is 1. The Morgan fingerprint density at radius 3 is 2.65 bits per heavy atom. The number of benzene rings is 1. The summed E-state index contributed by atoms with van der Waals surface area (Å²) in [7, 11) is 0. The average molecular weight is 298 g/mol. The van der Waals surface area contributed by atoms with Crippen LogP contribution in [0.2, 0.25) is 0 Å². The minimum Gasteiger partial charge on any atom is -0.480 e. The molecule has 1 unspecified atom stereocenters. The van der Waals surface area contributed by atoms with Crippen molar-refractivity contribution < 1.29 is 19.6 Å². The predicted octanol–water partition coefficient (Wildman–Crippen LogP) is 2.13. The third kappa shape index (κ3) is 4.54. The summed E-state index contributed by atoms with van der Waals surface area (Å²) in [5.74, 6) is -1.52. The first-order chi connectivity index (χ1) is 9.45. The van der Waals surface area contributed by atoms with Crippen LogP contribution >= 0.6 is 11.8 Å². The van der Waals surface area contributed by atoms with Crippen LogP contribution in [-0.2, 0) is 9.59 Å². The molecule has 20 heavy (non-hydrogen) atoms. The van der Waals surface area contributed by atoms with Crippen molar-refractivity contribution >= 4 is 35.0 Å². The molecule has 0 aliphatic rings. The van der Waals surface area contributed by atoms with Crippen molar-refractivity contribution in [3.63, 3.8) is 0 Å². The van der Waals surface area contributed by atoms with Gasteiger partial charge in [-0.1, -0.05) is 19.1 Å². The molecule has 7 nitrogen and oxygen atoms in total. The first-order valence-corrected chi connectivity index (χ1v) is 6.88. The lowest BCUT2D eigenvalue weighted by Crippen LogP contribution is -2.21. The second kappa shape index (κ2) is 7.49. The maximum absolute atomic E-state index is 11.7. The van der Waals surface area contributed by atoms with Gasteiger partial charge in [-0.25, -0.2) is 0 Å². The van der Waals surface area contributed by atoms with Crippen molar-refractivity contribution in [1.29, 1.82) is 0 Å². The van der Waals surface area contributed by atoms with Crippen LogP contribution in [0, 0.1) is 10.1 Å². The Hall–Kier alpha value is -2.09. The normalized spacial score (nSPS) is 11.7. The van der Waals surface area contributed by atoms with Gasteiger partial charge in [0.15, 0.2) is 0 Å². The molecular formula is C12H14N2O5S. The van der Waals surface area contributed by atoms with Crippen LogP contribution in [0.4, 0.5) is 11.4 Å². The number of hydrogen-bond acceptors (Lipinski definition) is 5. The van der Waals surface area contributed by atoms with Gasteiger partial charge in [-0.05, 0) is 12.5 Å². The molecule has 2 N–H and O–H groups in total. The summed E-state index contributed by atoms with van der Waals surface area (Å²) < 4.78 is 0. The molecule has 1 amide bonds. The zero-order valence-electron chi connectivity index (χ0n) is 10.7. The van der Waals surface area contributed by atoms with E-state index in [1.807, 2.05) is 0 Å². The van der Waals surface area contributed by atoms with E-state index in [4.69, 9.17) is 5.11 Å². The number of carbonyl (C=O) groups excluding carboxylic acids is 1. The topological polar surface area (TPSA) is 110 Å². The van der Waals surface area contributed by atoms with Crippen LogP contribution in [0.15, 0.2) is 24.3 Å². The van der Waals surface area contributed by atoms with E-state index in [0.29, 0.717) is 6.42 Å². The number of nitro groups is 1. The second-order valence-electron chi connectivity index (χ2n) is 3.87. The van der Waals surface area contributed by atoms with Gasteiger partial charge in [0, 0.05) is 6.07 Å². The predicted molar refractivity (Wildman–Crippen MR) is 75.9 cm³/mol. The first-order valence-electron chi connectivity index (χ1n) is 5.83. The van der Waals surface area contributed by atoms with E-state index in [-0.39, 0.29) is 17.1 Å². The number of nitrogens with zero attached hydrogens (tertiary/aromatic N) is 1. The fourth-order valence-corrected chi connectivity index (χ4v) is 2.27. The number of carbonyl (C=O) groups is 2. The summed E-state index contributed by atoms with van der Waals surface area (Å²) in [5.41, 5.74) is -0.0948. The number of rotatable bonds is 7. The fraction of sp³-hybridized carbons (Fsp3) is 0.333. The smallest absolute Gasteiger partial charge is 0.316 e. The van der Waals surface area contributed by atoms with E-state index >= 15 is 0 Å². The van der Waals surface area contributed by atoms with E-state index in [9.17, 15) is 19.7 Å². The Labute approximate surface area is 119 Å². The largest absolute Gasteiger partial charge is 0.480 e. The van der Waals surface area contributed by atoms with Gasteiger partial charge >= 0.3 is 5.97 Å². The fourth-order valence-electron chi connectivity index (χ4n) is 1.46. The Morgan fingerprint density at radius 1 is 1.45 bits per heavy atom. The van der Waals surface area contributed by atoms with Crippen LogP contribution in [0.3, 0.4) is 0 Å². The van der Waals surface area contributed by atoms with Crippen molar-refractivity contribution in [1.82, 2.24) is 0 Å². The number of aliphatic carboxylic acids is 1. The molecule has 0 saturated carbocycles. The van der Waals surface area contributed by atoms with Gasteiger partial charge < -0.3 is 10.4 Å². The number of para-hydroxylation sites is 2. The standard InChI is InChI=1S/C12H14N2O5S/c1-2-10(12(16)17)20-7-11(15)13-8-5-3-4-6-9(8)14(18)19/h3-6,10H,2,7H2,1H3,(H,13,15)(H,16,17). The molecule has 1 atom stereocenters. The molecule has 0 fully saturated rings. The highest BCUT2D eigenvalue weighted by Crippen LogP contribution is 2.23. The van der Waals surface area contributed by atoms with Gasteiger partial charge in [0.25, 0.3) is 5.69 Å². The van der Waals surface area contributed by atoms with Crippen molar-refractivity contribution in [2.24, 2.45) is 0 Å². The molecule has 0 aromatic heterocycles. The van der Waals surface area contributed by atoms with Crippen LogP contribution in [0.5, 0.6) is 0 Å². The molecular weight excluding hydrogens is 284 g/mol. The summed E-state index contributed by atoms with van der Waals surface area (Å²) >= 11 is 0.990. The average Bonchev–Trinajstić information content (AvgIpc) is 2.39. The van der Waals surface area contributed by atoms with Crippen molar-refractivity contribution in [2.45, 2.75) is 18.6 Å². The minimum absolute atomic E-state index is 0.0726. The molecule has 1 aromatic carbocycles. The van der Waals surface area contributed by atoms with Gasteiger partial charge in [0.1, 0.15) is 10.9 Å². The summed E-state index contributed by atoms with van der Waals surface area (Å²) in [6.45, 7) is 1.71. The summed E-state index contributed by atoms with van der Waals surface area (Å²) in [6.07, 6.45) is 0.402. The van der Waals surface area contributed by atoms with Gasteiger partial charge in [0.05, 0.1) is 10.7 Å². The lowest BCUT2D eigenvalue weighted by molar-refractivity contribution is -0.383. The quantitative estimate of drug-likeness (QED) is 0.589.